The molecule has 3 rings (SSSR count). The number of benzene rings is 1. The highest BCUT2D eigenvalue weighted by Gasteiger charge is 2.63. The van der Waals surface area contributed by atoms with Crippen molar-refractivity contribution >= 4 is 6.09 Å². The second-order valence-corrected chi connectivity index (χ2v) is 6.56. The van der Waals surface area contributed by atoms with E-state index in [1.807, 2.05) is 51.1 Å². The van der Waals surface area contributed by atoms with Crippen LogP contribution in [0, 0.1) is 0 Å². The van der Waals surface area contributed by atoms with Gasteiger partial charge in [0, 0.05) is 0 Å². The molecule has 0 bridgehead atoms. The van der Waals surface area contributed by atoms with E-state index >= 15 is 0 Å². The van der Waals surface area contributed by atoms with Crippen LogP contribution in [0.1, 0.15) is 32.4 Å². The van der Waals surface area contributed by atoms with Crippen molar-refractivity contribution in [3.8, 4) is 0 Å². The van der Waals surface area contributed by atoms with Gasteiger partial charge in [-0.2, -0.15) is 0 Å². The minimum atomic E-state index is -0.564. The molecule has 114 valence electrons. The molecule has 2 aliphatic rings. The molecule has 0 aromatic heterocycles. The fourth-order valence-corrected chi connectivity index (χ4v) is 2.98. The first-order valence-electron chi connectivity index (χ1n) is 7.25. The summed E-state index contributed by atoms with van der Waals surface area (Å²) in [6.07, 6.45) is -0.531. The number of carbonyl (C=O) groups is 1. The fourth-order valence-electron chi connectivity index (χ4n) is 2.98. The molecule has 5 nitrogen and oxygen atoms in total. The predicted molar refractivity (Wildman–Crippen MR) is 76.8 cm³/mol. The Balaban J connectivity index is 1.89. The van der Waals surface area contributed by atoms with Crippen LogP contribution in [-0.2, 0) is 9.47 Å². The van der Waals surface area contributed by atoms with Gasteiger partial charge in [0.25, 0.3) is 0 Å². The number of nitrogens with zero attached hydrogens (tertiary/aromatic N) is 1. The molecule has 21 heavy (non-hydrogen) atoms. The third kappa shape index (κ3) is 2.63. The standard InChI is InChI=1S/C16H21NO4/c1-16(2,3)21-15(19)17-11(9-18)13-14(20-13)12(17)10-7-5-4-6-8-10/h4-8,11-14,18H,9H2,1-3H3/t11-,12+,13-,14+/m1/s1. The van der Waals surface area contributed by atoms with E-state index in [2.05, 4.69) is 0 Å². The monoisotopic (exact) mass is 291 g/mol. The Labute approximate surface area is 124 Å². The number of aliphatic hydroxyl groups is 1. The van der Waals surface area contributed by atoms with Crippen LogP contribution in [0.4, 0.5) is 4.79 Å². The summed E-state index contributed by atoms with van der Waals surface area (Å²) in [6.45, 7) is 5.39. The zero-order valence-electron chi connectivity index (χ0n) is 12.5. The van der Waals surface area contributed by atoms with Crippen LogP contribution >= 0.6 is 0 Å². The van der Waals surface area contributed by atoms with Gasteiger partial charge in [-0.15, -0.1) is 0 Å². The number of fused-ring (bicyclic) bond motifs is 1. The molecular weight excluding hydrogens is 270 g/mol. The van der Waals surface area contributed by atoms with E-state index in [1.165, 1.54) is 0 Å². The largest absolute Gasteiger partial charge is 0.444 e. The Bertz CT molecular complexity index is 525. The number of likely N-dealkylation sites (tertiary alicyclic amines) is 1. The molecule has 0 aliphatic carbocycles. The Morgan fingerprint density at radius 1 is 1.29 bits per heavy atom. The first-order chi connectivity index (χ1) is 9.92. The maximum atomic E-state index is 12.5. The Hall–Kier alpha value is -1.59. The summed E-state index contributed by atoms with van der Waals surface area (Å²) >= 11 is 0. The summed E-state index contributed by atoms with van der Waals surface area (Å²) in [7, 11) is 0. The van der Waals surface area contributed by atoms with Crippen LogP contribution in [0.5, 0.6) is 0 Å². The Morgan fingerprint density at radius 2 is 1.95 bits per heavy atom. The van der Waals surface area contributed by atoms with Crippen molar-refractivity contribution in [2.45, 2.75) is 50.7 Å². The maximum absolute atomic E-state index is 12.5. The lowest BCUT2D eigenvalue weighted by Crippen LogP contribution is -2.46. The van der Waals surface area contributed by atoms with E-state index in [-0.39, 0.29) is 30.9 Å². The average Bonchev–Trinajstić information content (AvgIpc) is 3.12. The quantitative estimate of drug-likeness (QED) is 0.848. The van der Waals surface area contributed by atoms with E-state index in [4.69, 9.17) is 9.47 Å². The summed E-state index contributed by atoms with van der Waals surface area (Å²) in [5.41, 5.74) is 0.443. The molecule has 0 radical (unpaired) electrons. The zero-order chi connectivity index (χ0) is 15.2. The van der Waals surface area contributed by atoms with Gasteiger partial charge in [0.2, 0.25) is 0 Å². The molecule has 0 unspecified atom stereocenters. The smallest absolute Gasteiger partial charge is 0.411 e. The van der Waals surface area contributed by atoms with Gasteiger partial charge >= 0.3 is 6.09 Å². The number of aliphatic hydroxyl groups excluding tert-OH is 1. The summed E-state index contributed by atoms with van der Waals surface area (Å²) in [5, 5.41) is 9.62. The molecule has 1 N–H and O–H groups in total. The van der Waals surface area contributed by atoms with Crippen LogP contribution in [0.25, 0.3) is 0 Å². The molecule has 1 aromatic rings. The number of hydrogen-bond donors (Lipinski definition) is 1. The number of ether oxygens (including phenoxy) is 2. The van der Waals surface area contributed by atoms with Crippen molar-refractivity contribution in [2.75, 3.05) is 6.61 Å². The number of epoxide rings is 1. The van der Waals surface area contributed by atoms with Crippen molar-refractivity contribution in [3.05, 3.63) is 35.9 Å². The fraction of sp³-hybridized carbons (Fsp3) is 0.562. The zero-order valence-corrected chi connectivity index (χ0v) is 12.5. The van der Waals surface area contributed by atoms with E-state index in [0.29, 0.717) is 0 Å². The molecule has 1 amide bonds. The first-order valence-corrected chi connectivity index (χ1v) is 7.25. The highest BCUT2D eigenvalue weighted by Crippen LogP contribution is 2.49. The van der Waals surface area contributed by atoms with Gasteiger partial charge in [-0.05, 0) is 26.3 Å². The second-order valence-electron chi connectivity index (χ2n) is 6.56. The Kier molecular flexibility index (Phi) is 3.42. The SMILES string of the molecule is CC(C)(C)OC(=O)N1[C@H](CO)[C@H]2O[C@H]2[C@@H]1c1ccccc1. The summed E-state index contributed by atoms with van der Waals surface area (Å²) < 4.78 is 11.1. The maximum Gasteiger partial charge on any atom is 0.411 e. The normalized spacial score (nSPS) is 31.0. The molecule has 2 saturated heterocycles. The predicted octanol–water partition coefficient (Wildman–Crippen LogP) is 2.11. The van der Waals surface area contributed by atoms with Crippen molar-refractivity contribution in [3.63, 3.8) is 0 Å². The first kappa shape index (κ1) is 14.4. The van der Waals surface area contributed by atoms with Gasteiger partial charge in [-0.25, -0.2) is 4.79 Å². The third-order valence-corrected chi connectivity index (χ3v) is 3.84. The van der Waals surface area contributed by atoms with E-state index < -0.39 is 11.7 Å². The molecule has 2 aliphatic heterocycles. The summed E-state index contributed by atoms with van der Waals surface area (Å²) in [6, 6.07) is 9.23. The van der Waals surface area contributed by atoms with Crippen molar-refractivity contribution in [2.24, 2.45) is 0 Å². The van der Waals surface area contributed by atoms with Crippen molar-refractivity contribution < 1.29 is 19.4 Å². The van der Waals surface area contributed by atoms with Crippen molar-refractivity contribution in [1.82, 2.24) is 4.90 Å². The Morgan fingerprint density at radius 3 is 2.52 bits per heavy atom. The van der Waals surface area contributed by atoms with Gasteiger partial charge in [0.15, 0.2) is 0 Å². The number of hydrogen-bond acceptors (Lipinski definition) is 4. The van der Waals surface area contributed by atoms with Gasteiger partial charge in [0.1, 0.15) is 17.8 Å². The molecule has 4 atom stereocenters. The molecule has 5 heteroatoms. The number of morpholine rings is 1. The number of rotatable bonds is 2. The number of carbonyl (C=O) groups excluding carboxylic acids is 1. The highest BCUT2D eigenvalue weighted by atomic mass is 16.6. The van der Waals surface area contributed by atoms with Crippen LogP contribution in [0.15, 0.2) is 30.3 Å². The van der Waals surface area contributed by atoms with Crippen LogP contribution in [0.2, 0.25) is 0 Å². The lowest BCUT2D eigenvalue weighted by atomic mass is 10.0. The summed E-state index contributed by atoms with van der Waals surface area (Å²) in [5.74, 6) is 0. The lowest BCUT2D eigenvalue weighted by molar-refractivity contribution is -0.00974. The minimum absolute atomic E-state index is 0.0444. The molecular formula is C16H21NO4. The van der Waals surface area contributed by atoms with Gasteiger partial charge in [-0.3, -0.25) is 4.90 Å². The van der Waals surface area contributed by atoms with Gasteiger partial charge in [-0.1, -0.05) is 30.3 Å². The van der Waals surface area contributed by atoms with Crippen LogP contribution in [0.3, 0.4) is 0 Å². The van der Waals surface area contributed by atoms with Crippen LogP contribution in [-0.4, -0.2) is 46.6 Å². The molecule has 2 heterocycles. The summed E-state index contributed by atoms with van der Waals surface area (Å²) in [4.78, 5) is 14.2. The number of amides is 1. The van der Waals surface area contributed by atoms with E-state index in [0.717, 1.165) is 5.56 Å². The highest BCUT2D eigenvalue weighted by molar-refractivity contribution is 5.71. The molecule has 1 aromatic carbocycles. The minimum Gasteiger partial charge on any atom is -0.444 e. The van der Waals surface area contributed by atoms with E-state index in [9.17, 15) is 9.90 Å². The van der Waals surface area contributed by atoms with Crippen molar-refractivity contribution in [1.29, 1.82) is 0 Å². The lowest BCUT2D eigenvalue weighted by Gasteiger charge is -2.34. The van der Waals surface area contributed by atoms with Gasteiger partial charge < -0.3 is 14.6 Å². The molecule has 2 fully saturated rings. The second kappa shape index (κ2) is 5.00. The molecule has 0 spiro atoms. The third-order valence-electron chi connectivity index (χ3n) is 3.84. The van der Waals surface area contributed by atoms with Gasteiger partial charge in [0.05, 0.1) is 18.7 Å². The average molecular weight is 291 g/mol. The van der Waals surface area contributed by atoms with E-state index in [1.54, 1.807) is 4.90 Å². The molecule has 0 saturated carbocycles. The topological polar surface area (TPSA) is 62.3 Å². The van der Waals surface area contributed by atoms with Crippen LogP contribution < -0.4 is 0 Å².